The molecule has 2 aliphatic heterocycles. The highest BCUT2D eigenvalue weighted by molar-refractivity contribution is 5.87. The third-order valence-electron chi connectivity index (χ3n) is 6.77. The number of ether oxygens (including phenoxy) is 4. The predicted octanol–water partition coefficient (Wildman–Crippen LogP) is -1.20. The van der Waals surface area contributed by atoms with Crippen LogP contribution in [0.4, 0.5) is 0 Å². The molecule has 3 aliphatic rings. The van der Waals surface area contributed by atoms with Gasteiger partial charge in [0.2, 0.25) is 6.29 Å². The molecule has 10 atom stereocenters. The van der Waals surface area contributed by atoms with Crippen LogP contribution in [0.3, 0.4) is 0 Å². The second-order valence-electron chi connectivity index (χ2n) is 9.20. The molecule has 0 bridgehead atoms. The van der Waals surface area contributed by atoms with Gasteiger partial charge in [0.05, 0.1) is 24.9 Å². The molecule has 2 heterocycles. The van der Waals surface area contributed by atoms with Gasteiger partial charge in [0, 0.05) is 12.5 Å². The smallest absolute Gasteiger partial charge is 0.331 e. The summed E-state index contributed by atoms with van der Waals surface area (Å²) in [6.45, 7) is 0.852. The second-order valence-corrected chi connectivity index (χ2v) is 9.20. The van der Waals surface area contributed by atoms with Crippen LogP contribution in [-0.2, 0) is 23.7 Å². The largest absolute Gasteiger partial charge is 0.472 e. The fraction of sp³-hybridized carbons (Fsp3) is 0.542. The van der Waals surface area contributed by atoms with E-state index in [4.69, 9.17) is 18.9 Å². The Balaban J connectivity index is 1.55. The van der Waals surface area contributed by atoms with Crippen molar-refractivity contribution in [2.75, 3.05) is 6.61 Å². The molecular weight excluding hydrogens is 464 g/mol. The number of benzene rings is 1. The summed E-state index contributed by atoms with van der Waals surface area (Å²) >= 11 is 0. The molecule has 4 rings (SSSR count). The van der Waals surface area contributed by atoms with Crippen molar-refractivity contribution in [3.05, 3.63) is 54.3 Å². The average molecular weight is 494 g/mol. The van der Waals surface area contributed by atoms with Gasteiger partial charge in [0.15, 0.2) is 6.29 Å². The summed E-state index contributed by atoms with van der Waals surface area (Å²) in [4.78, 5) is 12.6. The molecule has 11 nitrogen and oxygen atoms in total. The second kappa shape index (κ2) is 9.96. The number of fused-ring (bicyclic) bond motifs is 1. The minimum Gasteiger partial charge on any atom is -0.472 e. The van der Waals surface area contributed by atoms with Crippen LogP contribution >= 0.6 is 0 Å². The monoisotopic (exact) mass is 494 g/mol. The maximum absolute atomic E-state index is 12.6. The molecule has 1 saturated carbocycles. The predicted molar refractivity (Wildman–Crippen MR) is 118 cm³/mol. The van der Waals surface area contributed by atoms with Crippen molar-refractivity contribution in [2.45, 2.75) is 67.6 Å². The van der Waals surface area contributed by atoms with Crippen molar-refractivity contribution in [1.82, 2.24) is 0 Å². The Morgan fingerprint density at radius 2 is 1.83 bits per heavy atom. The average Bonchev–Trinajstić information content (AvgIpc) is 3.03. The lowest BCUT2D eigenvalue weighted by atomic mass is 9.81. The maximum Gasteiger partial charge on any atom is 0.331 e. The quantitative estimate of drug-likeness (QED) is 0.207. The summed E-state index contributed by atoms with van der Waals surface area (Å²) in [5.41, 5.74) is -2.62. The molecule has 0 aromatic heterocycles. The van der Waals surface area contributed by atoms with Crippen LogP contribution in [0.25, 0.3) is 6.08 Å². The van der Waals surface area contributed by atoms with Gasteiger partial charge < -0.3 is 49.6 Å². The van der Waals surface area contributed by atoms with Crippen molar-refractivity contribution in [1.29, 1.82) is 0 Å². The van der Waals surface area contributed by atoms with Crippen molar-refractivity contribution < 1.29 is 54.4 Å². The van der Waals surface area contributed by atoms with Crippen molar-refractivity contribution in [3.8, 4) is 0 Å². The first-order valence-electron chi connectivity index (χ1n) is 11.2. The summed E-state index contributed by atoms with van der Waals surface area (Å²) in [5.74, 6) is -1.90. The van der Waals surface area contributed by atoms with E-state index in [-0.39, 0.29) is 6.42 Å². The van der Waals surface area contributed by atoms with Crippen molar-refractivity contribution in [2.24, 2.45) is 5.92 Å². The zero-order valence-corrected chi connectivity index (χ0v) is 19.0. The highest BCUT2D eigenvalue weighted by Gasteiger charge is 2.66. The first-order valence-corrected chi connectivity index (χ1v) is 11.2. The van der Waals surface area contributed by atoms with E-state index < -0.39 is 72.8 Å². The van der Waals surface area contributed by atoms with E-state index in [1.165, 1.54) is 19.1 Å². The number of rotatable bonds is 6. The van der Waals surface area contributed by atoms with E-state index >= 15 is 0 Å². The molecule has 1 aliphatic carbocycles. The molecule has 11 heteroatoms. The number of carbonyl (C=O) groups is 1. The van der Waals surface area contributed by atoms with E-state index in [1.54, 1.807) is 18.2 Å². The third-order valence-corrected chi connectivity index (χ3v) is 6.77. The first kappa shape index (κ1) is 25.7. The van der Waals surface area contributed by atoms with Crippen LogP contribution in [0.2, 0.25) is 0 Å². The van der Waals surface area contributed by atoms with Gasteiger partial charge in [-0.1, -0.05) is 30.3 Å². The number of hydrogen-bond donors (Lipinski definition) is 6. The first-order chi connectivity index (χ1) is 16.6. The molecule has 192 valence electrons. The van der Waals surface area contributed by atoms with Gasteiger partial charge in [-0.05, 0) is 24.6 Å². The minimum absolute atomic E-state index is 0.151. The Kier molecular flexibility index (Phi) is 7.32. The molecular formula is C24H30O11. The summed E-state index contributed by atoms with van der Waals surface area (Å²) in [6.07, 6.45) is -5.57. The number of hydrogen-bond acceptors (Lipinski definition) is 11. The lowest BCUT2D eigenvalue weighted by Gasteiger charge is -2.45. The molecule has 1 aromatic rings. The third kappa shape index (κ3) is 4.86. The van der Waals surface area contributed by atoms with E-state index in [0.29, 0.717) is 0 Å². The van der Waals surface area contributed by atoms with E-state index in [2.05, 4.69) is 0 Å². The van der Waals surface area contributed by atoms with Crippen LogP contribution in [0, 0.1) is 5.92 Å². The SMILES string of the molecule is C[C@]1(OC(=O)C=Cc2ccccc2)C[C@H](O)[C@]2(O)C=CO[C@@H](O[C@@H]3O[C@H](CO)[C@@H](O)[C@H](O)[C@H]3O)[C@@H]21. The number of aliphatic hydroxyl groups is 6. The highest BCUT2D eigenvalue weighted by atomic mass is 16.8. The van der Waals surface area contributed by atoms with Gasteiger partial charge in [-0.15, -0.1) is 0 Å². The summed E-state index contributed by atoms with van der Waals surface area (Å²) < 4.78 is 22.3. The van der Waals surface area contributed by atoms with Gasteiger partial charge >= 0.3 is 5.97 Å². The molecule has 0 spiro atoms. The van der Waals surface area contributed by atoms with Gasteiger partial charge in [-0.3, -0.25) is 0 Å². The number of esters is 1. The molecule has 1 saturated heterocycles. The molecule has 1 aromatic carbocycles. The topological polar surface area (TPSA) is 175 Å². The molecule has 6 N–H and O–H groups in total. The Morgan fingerprint density at radius 1 is 1.11 bits per heavy atom. The van der Waals surface area contributed by atoms with Crippen LogP contribution in [-0.4, -0.2) is 97.5 Å². The fourth-order valence-electron chi connectivity index (χ4n) is 4.92. The zero-order valence-electron chi connectivity index (χ0n) is 19.0. The minimum atomic E-state index is -1.91. The summed E-state index contributed by atoms with van der Waals surface area (Å²) in [7, 11) is 0. The standard InChI is InChI=1S/C24H30O11/c1-23(35-16(27)8-7-13-5-3-2-4-6-13)11-15(26)24(31)9-10-32-22(20(23)24)34-21-19(30)18(29)17(28)14(12-25)33-21/h2-10,14-15,17-22,25-26,28-31H,11-12H2,1H3/t14-,15+,17-,18+,19-,20-,21+,22+,23+,24-/m1/s1. The van der Waals surface area contributed by atoms with Crippen LogP contribution in [0.5, 0.6) is 0 Å². The van der Waals surface area contributed by atoms with Crippen LogP contribution in [0.15, 0.2) is 48.7 Å². The lowest BCUT2D eigenvalue weighted by Crippen LogP contribution is -2.62. The molecule has 0 radical (unpaired) electrons. The Morgan fingerprint density at radius 3 is 2.51 bits per heavy atom. The van der Waals surface area contributed by atoms with Gasteiger partial charge in [-0.2, -0.15) is 0 Å². The Labute approximate surface area is 201 Å². The van der Waals surface area contributed by atoms with Gasteiger partial charge in [-0.25, -0.2) is 4.79 Å². The summed E-state index contributed by atoms with van der Waals surface area (Å²) in [5, 5.41) is 61.7. The van der Waals surface area contributed by atoms with E-state index in [1.807, 2.05) is 18.2 Å². The lowest BCUT2D eigenvalue weighted by molar-refractivity contribution is -0.351. The normalized spacial score (nSPS) is 43.1. The number of carbonyl (C=O) groups excluding carboxylic acids is 1. The number of aliphatic hydroxyl groups excluding tert-OH is 5. The zero-order chi connectivity index (χ0) is 25.4. The van der Waals surface area contributed by atoms with Crippen LogP contribution < -0.4 is 0 Å². The van der Waals surface area contributed by atoms with Gasteiger partial charge in [0.25, 0.3) is 0 Å². The maximum atomic E-state index is 12.6. The molecule has 2 fully saturated rings. The molecule has 35 heavy (non-hydrogen) atoms. The van der Waals surface area contributed by atoms with Gasteiger partial charge in [0.1, 0.15) is 35.6 Å². The van der Waals surface area contributed by atoms with E-state index in [0.717, 1.165) is 11.8 Å². The molecule has 0 amide bonds. The van der Waals surface area contributed by atoms with E-state index in [9.17, 15) is 35.4 Å². The Hall–Kier alpha value is -2.35. The Bertz CT molecular complexity index is 950. The van der Waals surface area contributed by atoms with Crippen molar-refractivity contribution in [3.63, 3.8) is 0 Å². The highest BCUT2D eigenvalue weighted by Crippen LogP contribution is 2.51. The van der Waals surface area contributed by atoms with Crippen molar-refractivity contribution >= 4 is 12.0 Å². The molecule has 0 unspecified atom stereocenters. The van der Waals surface area contributed by atoms with Crippen LogP contribution in [0.1, 0.15) is 18.9 Å². The summed E-state index contributed by atoms with van der Waals surface area (Å²) in [6, 6.07) is 9.06. The fourth-order valence-corrected chi connectivity index (χ4v) is 4.92.